The molecule has 0 radical (unpaired) electrons. The molecule has 1 rings (SSSR count). The van der Waals surface area contributed by atoms with E-state index in [9.17, 15) is 0 Å². The molecule has 2 N–H and O–H groups in total. The summed E-state index contributed by atoms with van der Waals surface area (Å²) in [4.78, 5) is 3.05. The van der Waals surface area contributed by atoms with Crippen molar-refractivity contribution in [1.29, 1.82) is 0 Å². The summed E-state index contributed by atoms with van der Waals surface area (Å²) in [5.41, 5.74) is 1.08. The number of hydrogen-bond donors (Lipinski definition) is 2. The summed E-state index contributed by atoms with van der Waals surface area (Å²) in [5.74, 6) is 0.813. The minimum atomic E-state index is -4.94. The van der Waals surface area contributed by atoms with Crippen LogP contribution in [0.25, 0.3) is 0 Å². The van der Waals surface area contributed by atoms with Crippen LogP contribution in [0.15, 0.2) is 18.2 Å². The molecule has 0 unspecified atom stereocenters. The zero-order valence-corrected chi connectivity index (χ0v) is 13.7. The van der Waals surface area contributed by atoms with Crippen LogP contribution in [0.5, 0.6) is 0 Å². The van der Waals surface area contributed by atoms with Gasteiger partial charge < -0.3 is 0 Å². The smallest absolute Gasteiger partial charge is 0.272 e. The van der Waals surface area contributed by atoms with Crippen molar-refractivity contribution in [3.63, 3.8) is 0 Å². The topological polar surface area (TPSA) is 118 Å². The van der Waals surface area contributed by atoms with Crippen LogP contribution >= 0.6 is 35.0 Å². The first-order valence-electron chi connectivity index (χ1n) is 5.08. The molecule has 20 heavy (non-hydrogen) atoms. The van der Waals surface area contributed by atoms with Gasteiger partial charge in [-0.2, -0.15) is 0 Å². The van der Waals surface area contributed by atoms with Crippen molar-refractivity contribution in [3.8, 4) is 0 Å². The summed E-state index contributed by atoms with van der Waals surface area (Å²) < 4.78 is 34.0. The Hall–Kier alpha value is -0.250. The molecule has 0 aliphatic heterocycles. The molecule has 0 aliphatic rings. The lowest BCUT2D eigenvalue weighted by Gasteiger charge is -2.17. The van der Waals surface area contributed by atoms with E-state index in [2.05, 4.69) is 10.3 Å². The number of halogens is 3. The van der Waals surface area contributed by atoms with Crippen molar-refractivity contribution in [1.82, 2.24) is 5.32 Å². The highest BCUT2D eigenvalue weighted by Crippen LogP contribution is 2.24. The van der Waals surface area contributed by atoms with E-state index in [4.69, 9.17) is 41.8 Å². The van der Waals surface area contributed by atoms with E-state index in [1.54, 1.807) is 17.8 Å². The van der Waals surface area contributed by atoms with Crippen LogP contribution in [-0.2, 0) is 5.75 Å². The Morgan fingerprint density at radius 1 is 1.30 bits per heavy atom. The number of nitrogens with one attached hydrogen (secondary N) is 2. The predicted molar refractivity (Wildman–Crippen MR) is 68.7 cm³/mol. The molecule has 0 fully saturated rings. The van der Waals surface area contributed by atoms with E-state index in [0.29, 0.717) is 10.0 Å². The lowest BCUT2D eigenvalue weighted by molar-refractivity contribution is -2.00. The van der Waals surface area contributed by atoms with Crippen molar-refractivity contribution in [2.24, 2.45) is 0 Å². The molecule has 0 spiro atoms. The van der Waals surface area contributed by atoms with Gasteiger partial charge in [0.1, 0.15) is 0 Å². The molecule has 0 saturated heterocycles. The standard InChI is InChI=1S/C10H12Cl2N2S.ClHO4/c1-13-10(14-2)15-6-7-3-4-8(11)5-9(7)12;2-1(3,4)5/h3-5H,6H2,1-2H3,(H,13,14);(H,2,3,4,5). The van der Waals surface area contributed by atoms with Crippen molar-refractivity contribution in [2.75, 3.05) is 14.1 Å². The van der Waals surface area contributed by atoms with Gasteiger partial charge in [0.15, 0.2) is 0 Å². The molecule has 10 heteroatoms. The molecule has 1 aromatic carbocycles. The third-order valence-electron chi connectivity index (χ3n) is 1.84. The summed E-state index contributed by atoms with van der Waals surface area (Å²) in [6.07, 6.45) is 0. The summed E-state index contributed by atoms with van der Waals surface area (Å²) >= 11 is 13.5. The highest BCUT2D eigenvalue weighted by atomic mass is 35.7. The highest BCUT2D eigenvalue weighted by Gasteiger charge is 2.06. The van der Waals surface area contributed by atoms with E-state index >= 15 is 0 Å². The lowest BCUT2D eigenvalue weighted by Crippen LogP contribution is -2.70. The fraction of sp³-hybridized carbons (Fsp3) is 0.300. The maximum Gasteiger partial charge on any atom is 0.303 e. The summed E-state index contributed by atoms with van der Waals surface area (Å²) in [7, 11) is -1.19. The van der Waals surface area contributed by atoms with Crippen molar-refractivity contribution >= 4 is 40.1 Å². The second-order valence-corrected chi connectivity index (χ2v) is 5.82. The zero-order valence-electron chi connectivity index (χ0n) is 10.6. The number of benzene rings is 1. The third-order valence-corrected chi connectivity index (χ3v) is 3.58. The van der Waals surface area contributed by atoms with Crippen LogP contribution in [0.2, 0.25) is 10.0 Å². The minimum Gasteiger partial charge on any atom is -0.272 e. The van der Waals surface area contributed by atoms with Crippen molar-refractivity contribution in [2.45, 2.75) is 5.75 Å². The molecule has 0 bridgehead atoms. The number of hydrogen-bond acceptors (Lipinski definition) is 5. The largest absolute Gasteiger partial charge is 0.303 e. The molecular formula is C10H13Cl3N2O4S. The van der Waals surface area contributed by atoms with Gasteiger partial charge in [-0.25, -0.2) is 18.6 Å². The zero-order chi connectivity index (χ0) is 15.8. The predicted octanol–water partition coefficient (Wildman–Crippen LogP) is -3.24. The van der Waals surface area contributed by atoms with Crippen LogP contribution in [-0.4, -0.2) is 19.3 Å². The fourth-order valence-electron chi connectivity index (χ4n) is 1.06. The van der Waals surface area contributed by atoms with Crippen LogP contribution in [0.3, 0.4) is 0 Å². The first-order chi connectivity index (χ1) is 9.17. The van der Waals surface area contributed by atoms with E-state index < -0.39 is 10.2 Å². The Kier molecular flexibility index (Phi) is 9.52. The van der Waals surface area contributed by atoms with Crippen LogP contribution in [0, 0.1) is 10.2 Å². The molecule has 0 saturated carbocycles. The maximum atomic E-state index is 8.49. The number of rotatable bonds is 2. The van der Waals surface area contributed by atoms with Crippen molar-refractivity contribution in [3.05, 3.63) is 33.8 Å². The van der Waals surface area contributed by atoms with Gasteiger partial charge in [-0.3, -0.25) is 10.3 Å². The Morgan fingerprint density at radius 2 is 1.85 bits per heavy atom. The van der Waals surface area contributed by atoms with Gasteiger partial charge in [-0.1, -0.05) is 29.3 Å². The van der Waals surface area contributed by atoms with Gasteiger partial charge >= 0.3 is 5.17 Å². The summed E-state index contributed by atoms with van der Waals surface area (Å²) in [5, 5.41) is 5.44. The number of amidine groups is 1. The third kappa shape index (κ3) is 10.5. The highest BCUT2D eigenvalue weighted by molar-refractivity contribution is 8.12. The van der Waals surface area contributed by atoms with Gasteiger partial charge in [0.2, 0.25) is 0 Å². The minimum absolute atomic E-state index is 0.667. The van der Waals surface area contributed by atoms with Gasteiger partial charge in [-0.15, -0.1) is 10.2 Å². The fourth-order valence-corrected chi connectivity index (χ4v) is 2.45. The Labute approximate surface area is 133 Å². The van der Waals surface area contributed by atoms with E-state index in [0.717, 1.165) is 16.5 Å². The molecule has 0 aliphatic carbocycles. The SMILES string of the molecule is CNC(=[NH+]C)SCc1ccc(Cl)cc1Cl.[O-][Cl+3]([O-])([O-])[O-]. The average Bonchev–Trinajstić information content (AvgIpc) is 2.30. The van der Waals surface area contributed by atoms with Gasteiger partial charge in [0.25, 0.3) is 0 Å². The molecule has 6 nitrogen and oxygen atoms in total. The molecule has 0 aromatic heterocycles. The number of thioether (sulfide) groups is 1. The van der Waals surface area contributed by atoms with Crippen LogP contribution < -0.4 is 28.9 Å². The molecule has 0 atom stereocenters. The van der Waals surface area contributed by atoms with E-state index in [-0.39, 0.29) is 0 Å². The monoisotopic (exact) mass is 362 g/mol. The van der Waals surface area contributed by atoms with Gasteiger partial charge in [-0.05, 0) is 29.5 Å². The van der Waals surface area contributed by atoms with Crippen LogP contribution in [0.4, 0.5) is 0 Å². The van der Waals surface area contributed by atoms with Gasteiger partial charge in [0.05, 0.1) is 14.1 Å². The van der Waals surface area contributed by atoms with E-state index in [1.807, 2.05) is 26.2 Å². The quantitative estimate of drug-likeness (QED) is 0.421. The summed E-state index contributed by atoms with van der Waals surface area (Å²) in [6.45, 7) is 0. The summed E-state index contributed by atoms with van der Waals surface area (Å²) in [6, 6.07) is 5.56. The molecular weight excluding hydrogens is 351 g/mol. The average molecular weight is 364 g/mol. The van der Waals surface area contributed by atoms with Crippen LogP contribution in [0.1, 0.15) is 5.56 Å². The molecule has 114 valence electrons. The second-order valence-electron chi connectivity index (χ2n) is 3.23. The van der Waals surface area contributed by atoms with E-state index in [1.165, 1.54) is 0 Å². The first-order valence-corrected chi connectivity index (χ1v) is 8.06. The maximum absolute atomic E-state index is 8.49. The van der Waals surface area contributed by atoms with Crippen molar-refractivity contribution < 1.29 is 33.9 Å². The normalized spacial score (nSPS) is 11.7. The molecule has 1 aromatic rings. The molecule has 0 heterocycles. The Morgan fingerprint density at radius 3 is 2.25 bits per heavy atom. The Bertz CT molecular complexity index is 449. The Balaban J connectivity index is 0.000000621. The second kappa shape index (κ2) is 9.64. The lowest BCUT2D eigenvalue weighted by atomic mass is 10.2. The molecule has 0 amide bonds. The van der Waals surface area contributed by atoms with Gasteiger partial charge in [0, 0.05) is 15.8 Å². The first kappa shape index (κ1) is 19.8.